The predicted octanol–water partition coefficient (Wildman–Crippen LogP) is 4.13. The topological polar surface area (TPSA) is 78.8 Å². The van der Waals surface area contributed by atoms with Crippen molar-refractivity contribution in [3.63, 3.8) is 0 Å². The Balaban J connectivity index is 1.48. The van der Waals surface area contributed by atoms with E-state index in [1.54, 1.807) is 12.1 Å². The third-order valence-corrected chi connectivity index (χ3v) is 5.68. The Morgan fingerprint density at radius 3 is 2.43 bits per heavy atom. The number of aromatic carboxylic acids is 1. The van der Waals surface area contributed by atoms with Crippen LogP contribution in [-0.2, 0) is 11.2 Å². The van der Waals surface area contributed by atoms with Crippen molar-refractivity contribution in [2.45, 2.75) is 57.8 Å². The van der Waals surface area contributed by atoms with Crippen LogP contribution in [-0.4, -0.2) is 41.0 Å². The molecule has 3 N–H and O–H groups in total. The summed E-state index contributed by atoms with van der Waals surface area (Å²) in [6, 6.07) is 15.3. The number of benzene rings is 2. The molecule has 162 valence electrons. The van der Waals surface area contributed by atoms with Gasteiger partial charge in [0.2, 0.25) is 0 Å². The molecule has 0 bridgehead atoms. The van der Waals surface area contributed by atoms with Crippen molar-refractivity contribution in [1.29, 1.82) is 0 Å². The smallest absolute Gasteiger partial charge is 0.335 e. The minimum absolute atomic E-state index is 0.0570. The van der Waals surface area contributed by atoms with Gasteiger partial charge in [0.15, 0.2) is 0 Å². The fourth-order valence-electron chi connectivity index (χ4n) is 3.79. The maximum Gasteiger partial charge on any atom is 0.335 e. The van der Waals surface area contributed by atoms with E-state index in [9.17, 15) is 9.90 Å². The summed E-state index contributed by atoms with van der Waals surface area (Å²) in [5, 5.41) is 22.9. The Morgan fingerprint density at radius 1 is 1.17 bits per heavy atom. The van der Waals surface area contributed by atoms with Crippen LogP contribution in [0.4, 0.5) is 0 Å². The second-order valence-electron chi connectivity index (χ2n) is 9.05. The van der Waals surface area contributed by atoms with E-state index in [0.29, 0.717) is 19.1 Å². The molecule has 2 unspecified atom stereocenters. The number of aliphatic hydroxyl groups excluding tert-OH is 1. The van der Waals surface area contributed by atoms with Crippen LogP contribution < -0.4 is 5.32 Å². The molecule has 0 spiro atoms. The van der Waals surface area contributed by atoms with E-state index in [1.807, 2.05) is 24.3 Å². The van der Waals surface area contributed by atoms with Gasteiger partial charge in [-0.25, -0.2) is 4.79 Å². The van der Waals surface area contributed by atoms with Gasteiger partial charge in [-0.3, -0.25) is 0 Å². The monoisotopic (exact) mass is 411 g/mol. The zero-order valence-electron chi connectivity index (χ0n) is 18.1. The molecule has 1 fully saturated rings. The molecule has 1 aliphatic rings. The van der Waals surface area contributed by atoms with Crippen LogP contribution in [0.5, 0.6) is 0 Å². The molecule has 0 saturated heterocycles. The van der Waals surface area contributed by atoms with Gasteiger partial charge in [-0.1, -0.05) is 36.4 Å². The summed E-state index contributed by atoms with van der Waals surface area (Å²) in [6.07, 6.45) is 2.56. The van der Waals surface area contributed by atoms with Gasteiger partial charge in [-0.2, -0.15) is 0 Å². The molecular formula is C25H33NO4. The molecule has 2 aromatic rings. The normalized spacial score (nSPS) is 16.3. The number of nitrogens with one attached hydrogen (secondary N) is 1. The summed E-state index contributed by atoms with van der Waals surface area (Å²) in [6.45, 7) is 6.99. The third kappa shape index (κ3) is 6.39. The van der Waals surface area contributed by atoms with Crippen LogP contribution >= 0.6 is 0 Å². The standard InChI is InChI=1S/C25H33NO4/c1-17-6-4-5-7-22(17)23(19-12-13-19)30-16-21(27)15-26-25(2,3)14-18-8-10-20(11-9-18)24(28)29/h4-11,19,21,23,26-27H,12-16H2,1-3H3,(H,28,29). The van der Waals surface area contributed by atoms with Gasteiger partial charge in [-0.15, -0.1) is 0 Å². The predicted molar refractivity (Wildman–Crippen MR) is 118 cm³/mol. The Bertz CT molecular complexity index is 842. The maximum absolute atomic E-state index is 11.0. The summed E-state index contributed by atoms with van der Waals surface area (Å²) >= 11 is 0. The highest BCUT2D eigenvalue weighted by Crippen LogP contribution is 2.44. The van der Waals surface area contributed by atoms with Gasteiger partial charge < -0.3 is 20.3 Å². The number of rotatable bonds is 11. The Kier molecular flexibility index (Phi) is 7.29. The van der Waals surface area contributed by atoms with Crippen LogP contribution in [0, 0.1) is 12.8 Å². The largest absolute Gasteiger partial charge is 0.478 e. The van der Waals surface area contributed by atoms with Gasteiger partial charge in [0, 0.05) is 12.1 Å². The van der Waals surface area contributed by atoms with E-state index in [0.717, 1.165) is 12.0 Å². The molecular weight excluding hydrogens is 378 g/mol. The molecule has 30 heavy (non-hydrogen) atoms. The molecule has 0 aliphatic heterocycles. The van der Waals surface area contributed by atoms with Crippen LogP contribution in [0.3, 0.4) is 0 Å². The van der Waals surface area contributed by atoms with Gasteiger partial charge in [0.05, 0.1) is 24.4 Å². The first-order chi connectivity index (χ1) is 14.2. The Morgan fingerprint density at radius 2 is 1.83 bits per heavy atom. The lowest BCUT2D eigenvalue weighted by Crippen LogP contribution is -2.46. The summed E-state index contributed by atoms with van der Waals surface area (Å²) in [7, 11) is 0. The maximum atomic E-state index is 11.0. The van der Waals surface area contributed by atoms with Crippen molar-refractivity contribution in [2.24, 2.45) is 5.92 Å². The minimum atomic E-state index is -0.919. The highest BCUT2D eigenvalue weighted by Gasteiger charge is 2.34. The van der Waals surface area contributed by atoms with Crippen molar-refractivity contribution in [2.75, 3.05) is 13.2 Å². The number of aliphatic hydroxyl groups is 1. The quantitative estimate of drug-likeness (QED) is 0.518. The van der Waals surface area contributed by atoms with E-state index >= 15 is 0 Å². The summed E-state index contributed by atoms with van der Waals surface area (Å²) in [4.78, 5) is 11.0. The van der Waals surface area contributed by atoms with Crippen molar-refractivity contribution in [3.8, 4) is 0 Å². The van der Waals surface area contributed by atoms with Gasteiger partial charge in [0.25, 0.3) is 0 Å². The number of aryl methyl sites for hydroxylation is 1. The molecule has 0 amide bonds. The number of carboxylic acid groups (broad SMARTS) is 1. The third-order valence-electron chi connectivity index (χ3n) is 5.68. The molecule has 5 heteroatoms. The van der Waals surface area contributed by atoms with Gasteiger partial charge in [-0.05, 0) is 74.8 Å². The summed E-state index contributed by atoms with van der Waals surface area (Å²) < 4.78 is 6.17. The van der Waals surface area contributed by atoms with E-state index in [4.69, 9.17) is 9.84 Å². The van der Waals surface area contributed by atoms with Gasteiger partial charge >= 0.3 is 5.97 Å². The zero-order chi connectivity index (χ0) is 21.7. The molecule has 2 atom stereocenters. The van der Waals surface area contributed by atoms with Crippen LogP contribution in [0.15, 0.2) is 48.5 Å². The number of hydrogen-bond acceptors (Lipinski definition) is 4. The van der Waals surface area contributed by atoms with Crippen LogP contribution in [0.2, 0.25) is 0 Å². The van der Waals surface area contributed by atoms with E-state index in [1.165, 1.54) is 24.0 Å². The molecule has 0 aromatic heterocycles. The lowest BCUT2D eigenvalue weighted by Gasteiger charge is -2.29. The lowest BCUT2D eigenvalue weighted by atomic mass is 9.94. The van der Waals surface area contributed by atoms with Crippen molar-refractivity contribution in [3.05, 3.63) is 70.8 Å². The molecule has 1 aliphatic carbocycles. The van der Waals surface area contributed by atoms with Crippen molar-refractivity contribution < 1.29 is 19.7 Å². The number of carboxylic acids is 1. The van der Waals surface area contributed by atoms with E-state index < -0.39 is 12.1 Å². The fourth-order valence-corrected chi connectivity index (χ4v) is 3.79. The lowest BCUT2D eigenvalue weighted by molar-refractivity contribution is -0.0213. The fraction of sp³-hybridized carbons (Fsp3) is 0.480. The zero-order valence-corrected chi connectivity index (χ0v) is 18.1. The first-order valence-corrected chi connectivity index (χ1v) is 10.7. The second-order valence-corrected chi connectivity index (χ2v) is 9.05. The Labute approximate surface area is 179 Å². The van der Waals surface area contributed by atoms with E-state index in [-0.39, 0.29) is 17.2 Å². The summed E-state index contributed by atoms with van der Waals surface area (Å²) in [5.74, 6) is -0.367. The number of carbonyl (C=O) groups is 1. The number of hydrogen-bond donors (Lipinski definition) is 3. The first kappa shape index (κ1) is 22.5. The molecule has 5 nitrogen and oxygen atoms in total. The molecule has 3 rings (SSSR count). The van der Waals surface area contributed by atoms with Gasteiger partial charge in [0.1, 0.15) is 0 Å². The Hall–Kier alpha value is -2.21. The minimum Gasteiger partial charge on any atom is -0.478 e. The molecule has 0 radical (unpaired) electrons. The number of ether oxygens (including phenoxy) is 1. The molecule has 0 heterocycles. The number of β-amino-alcohol motifs (C(OH)–C–C–N with tert-alkyl or cyclic N) is 1. The first-order valence-electron chi connectivity index (χ1n) is 10.7. The molecule has 2 aromatic carbocycles. The van der Waals surface area contributed by atoms with E-state index in [2.05, 4.69) is 38.2 Å². The highest BCUT2D eigenvalue weighted by atomic mass is 16.5. The highest BCUT2D eigenvalue weighted by molar-refractivity contribution is 5.87. The SMILES string of the molecule is Cc1ccccc1C(OCC(O)CNC(C)(C)Cc1ccc(C(=O)O)cc1)C1CC1. The van der Waals surface area contributed by atoms with Crippen LogP contribution in [0.25, 0.3) is 0 Å². The second kappa shape index (κ2) is 9.73. The average Bonchev–Trinajstić information content (AvgIpc) is 3.53. The van der Waals surface area contributed by atoms with Crippen LogP contribution in [0.1, 0.15) is 59.8 Å². The van der Waals surface area contributed by atoms with Crippen molar-refractivity contribution in [1.82, 2.24) is 5.32 Å². The molecule has 1 saturated carbocycles. The average molecular weight is 412 g/mol. The summed E-state index contributed by atoms with van der Waals surface area (Å²) in [5.41, 5.74) is 3.56. The van der Waals surface area contributed by atoms with Crippen molar-refractivity contribution >= 4 is 5.97 Å².